The Kier molecular flexibility index (Phi) is 7.41. The number of anilines is 1. The van der Waals surface area contributed by atoms with Crippen molar-refractivity contribution in [3.63, 3.8) is 0 Å². The van der Waals surface area contributed by atoms with Crippen LogP contribution in [0.25, 0.3) is 15.9 Å². The molecule has 8 rings (SSSR count). The van der Waals surface area contributed by atoms with Crippen LogP contribution in [0.3, 0.4) is 0 Å². The van der Waals surface area contributed by atoms with E-state index in [0.29, 0.717) is 64.7 Å². The predicted molar refractivity (Wildman–Crippen MR) is 167 cm³/mol. The SMILES string of the molecule is COC(=O)c1cc(O[C@H]2CCOC2)c2nc(N3C[C@@H]4C[C@H]3C[C@H]4OCc3c(C4CC4)nnn3-c3c(Cl)cccc3Cl)sc2c1. The van der Waals surface area contributed by atoms with Gasteiger partial charge >= 0.3 is 5.97 Å². The summed E-state index contributed by atoms with van der Waals surface area (Å²) in [5.74, 6) is 0.990. The lowest BCUT2D eigenvalue weighted by Gasteiger charge is -2.31. The fourth-order valence-electron chi connectivity index (χ4n) is 6.74. The second kappa shape index (κ2) is 11.4. The first-order valence-electron chi connectivity index (χ1n) is 15.0. The quantitative estimate of drug-likeness (QED) is 0.195. The van der Waals surface area contributed by atoms with Gasteiger partial charge in [0, 0.05) is 30.8 Å². The number of benzene rings is 2. The molecular formula is C31H31Cl2N5O5S. The summed E-state index contributed by atoms with van der Waals surface area (Å²) in [5, 5.41) is 11.0. The molecule has 4 aromatic rings. The van der Waals surface area contributed by atoms with Gasteiger partial charge in [0.25, 0.3) is 0 Å². The van der Waals surface area contributed by atoms with Crippen molar-refractivity contribution in [2.75, 3.05) is 31.8 Å². The summed E-state index contributed by atoms with van der Waals surface area (Å²) in [5.41, 5.74) is 3.77. The Morgan fingerprint density at radius 2 is 2.00 bits per heavy atom. The molecule has 13 heteroatoms. The highest BCUT2D eigenvalue weighted by atomic mass is 35.5. The van der Waals surface area contributed by atoms with E-state index < -0.39 is 5.97 Å². The topological polar surface area (TPSA) is 101 Å². The minimum atomic E-state index is -0.396. The van der Waals surface area contributed by atoms with E-state index in [1.165, 1.54) is 7.11 Å². The van der Waals surface area contributed by atoms with Crippen LogP contribution in [0.2, 0.25) is 10.0 Å². The lowest BCUT2D eigenvalue weighted by Crippen LogP contribution is -2.38. The number of thiazole rings is 1. The summed E-state index contributed by atoms with van der Waals surface area (Å²) in [4.78, 5) is 19.9. The van der Waals surface area contributed by atoms with Crippen molar-refractivity contribution in [2.24, 2.45) is 5.92 Å². The van der Waals surface area contributed by atoms with Gasteiger partial charge < -0.3 is 23.8 Å². The maximum atomic E-state index is 12.4. The monoisotopic (exact) mass is 655 g/mol. The Balaban J connectivity index is 1.01. The lowest BCUT2D eigenvalue weighted by atomic mass is 10.1. The molecule has 2 aliphatic carbocycles. The molecule has 0 N–H and O–H groups in total. The van der Waals surface area contributed by atoms with Gasteiger partial charge in [-0.1, -0.05) is 45.8 Å². The molecule has 4 aliphatic rings. The molecule has 2 aromatic carbocycles. The molecule has 4 fully saturated rings. The van der Waals surface area contributed by atoms with Crippen LogP contribution in [0.15, 0.2) is 30.3 Å². The number of aromatic nitrogens is 4. The van der Waals surface area contributed by atoms with Crippen molar-refractivity contribution in [1.82, 2.24) is 20.0 Å². The summed E-state index contributed by atoms with van der Waals surface area (Å²) in [7, 11) is 1.39. The van der Waals surface area contributed by atoms with Gasteiger partial charge in [-0.15, -0.1) is 5.10 Å². The summed E-state index contributed by atoms with van der Waals surface area (Å²) in [6.07, 6.45) is 5.03. The van der Waals surface area contributed by atoms with E-state index in [2.05, 4.69) is 15.2 Å². The molecule has 10 nitrogen and oxygen atoms in total. The number of piperidine rings is 1. The van der Waals surface area contributed by atoms with Crippen molar-refractivity contribution in [3.8, 4) is 11.4 Å². The van der Waals surface area contributed by atoms with Crippen LogP contribution < -0.4 is 9.64 Å². The van der Waals surface area contributed by atoms with Gasteiger partial charge in [0.05, 0.1) is 64.7 Å². The van der Waals surface area contributed by atoms with Gasteiger partial charge in [-0.2, -0.15) is 0 Å². The van der Waals surface area contributed by atoms with Crippen molar-refractivity contribution in [1.29, 1.82) is 0 Å². The number of fused-ring (bicyclic) bond motifs is 3. The molecule has 0 radical (unpaired) electrons. The van der Waals surface area contributed by atoms with Crippen LogP contribution in [-0.4, -0.2) is 71.1 Å². The molecule has 2 bridgehead atoms. The van der Waals surface area contributed by atoms with E-state index in [-0.39, 0.29) is 12.2 Å². The predicted octanol–water partition coefficient (Wildman–Crippen LogP) is 6.20. The molecule has 0 unspecified atom stereocenters. The molecule has 2 aromatic heterocycles. The molecule has 0 amide bonds. The molecule has 2 saturated carbocycles. The Labute approximate surface area is 268 Å². The molecule has 4 heterocycles. The fraction of sp³-hybridized carbons (Fsp3) is 0.484. The molecular weight excluding hydrogens is 625 g/mol. The Bertz CT molecular complexity index is 1720. The van der Waals surface area contributed by atoms with Gasteiger partial charge in [0.1, 0.15) is 23.1 Å². The molecule has 0 spiro atoms. The Morgan fingerprint density at radius 3 is 2.70 bits per heavy atom. The van der Waals surface area contributed by atoms with Crippen molar-refractivity contribution >= 4 is 55.9 Å². The number of methoxy groups -OCH3 is 1. The molecule has 4 atom stereocenters. The summed E-state index contributed by atoms with van der Waals surface area (Å²) < 4.78 is 26.1. The summed E-state index contributed by atoms with van der Waals surface area (Å²) in [6.45, 7) is 2.45. The normalized spacial score (nSPS) is 24.5. The number of hydrogen-bond donors (Lipinski definition) is 0. The summed E-state index contributed by atoms with van der Waals surface area (Å²) in [6, 6.07) is 9.36. The van der Waals surface area contributed by atoms with Gasteiger partial charge in [-0.3, -0.25) is 0 Å². The Hall–Kier alpha value is -2.96. The van der Waals surface area contributed by atoms with Gasteiger partial charge in [0.15, 0.2) is 5.13 Å². The number of halogens is 2. The van der Waals surface area contributed by atoms with Crippen molar-refractivity contribution in [3.05, 3.63) is 57.3 Å². The number of carbonyl (C=O) groups is 1. The number of hydrogen-bond acceptors (Lipinski definition) is 10. The fourth-order valence-corrected chi connectivity index (χ4v) is 8.41. The van der Waals surface area contributed by atoms with Crippen molar-refractivity contribution in [2.45, 2.75) is 62.9 Å². The highest BCUT2D eigenvalue weighted by Gasteiger charge is 2.46. The van der Waals surface area contributed by atoms with Crippen LogP contribution in [0.5, 0.6) is 5.75 Å². The lowest BCUT2D eigenvalue weighted by molar-refractivity contribution is 0.00991. The van der Waals surface area contributed by atoms with Crippen LogP contribution in [-0.2, 0) is 20.8 Å². The maximum Gasteiger partial charge on any atom is 0.338 e. The third-order valence-electron chi connectivity index (χ3n) is 9.11. The highest BCUT2D eigenvalue weighted by Crippen LogP contribution is 2.46. The number of nitrogens with zero attached hydrogens (tertiary/aromatic N) is 5. The van der Waals surface area contributed by atoms with E-state index in [0.717, 1.165) is 65.4 Å². The van der Waals surface area contributed by atoms with E-state index in [1.807, 2.05) is 24.3 Å². The van der Waals surface area contributed by atoms with Crippen LogP contribution >= 0.6 is 34.5 Å². The average molecular weight is 657 g/mol. The van der Waals surface area contributed by atoms with Crippen molar-refractivity contribution < 1.29 is 23.7 Å². The number of para-hydroxylation sites is 1. The van der Waals surface area contributed by atoms with Crippen LogP contribution in [0.4, 0.5) is 5.13 Å². The molecule has 44 heavy (non-hydrogen) atoms. The third-order valence-corrected chi connectivity index (χ3v) is 10.8. The second-order valence-electron chi connectivity index (χ2n) is 12.0. The second-order valence-corrected chi connectivity index (χ2v) is 13.8. The van der Waals surface area contributed by atoms with Crippen LogP contribution in [0, 0.1) is 5.92 Å². The largest absolute Gasteiger partial charge is 0.486 e. The first-order valence-corrected chi connectivity index (χ1v) is 16.6. The van der Waals surface area contributed by atoms with E-state index in [1.54, 1.807) is 22.1 Å². The minimum absolute atomic E-state index is 0.0576. The molecule has 230 valence electrons. The first-order chi connectivity index (χ1) is 21.5. The number of ether oxygens (including phenoxy) is 4. The standard InChI is InChI=1S/C31H31Cl2N5O5S/c1-40-30(39)17-10-25(43-20-7-8-41-14-20)28-26(11-17)44-31(34-28)37-13-18-9-19(37)12-24(18)42-15-23-27(16-5-6-16)35-36-38(23)29-21(32)3-2-4-22(29)33/h2-4,10-11,16,18-20,24H,5-9,12-15H2,1H3/t18-,19-,20-,24+/m0/s1. The van der Waals surface area contributed by atoms with E-state index in [9.17, 15) is 4.79 Å². The number of rotatable bonds is 9. The highest BCUT2D eigenvalue weighted by molar-refractivity contribution is 7.22. The third kappa shape index (κ3) is 5.12. The zero-order valence-corrected chi connectivity index (χ0v) is 26.4. The maximum absolute atomic E-state index is 12.4. The smallest absolute Gasteiger partial charge is 0.338 e. The number of esters is 1. The van der Waals surface area contributed by atoms with E-state index >= 15 is 0 Å². The Morgan fingerprint density at radius 1 is 1.16 bits per heavy atom. The summed E-state index contributed by atoms with van der Waals surface area (Å²) >= 11 is 14.7. The first kappa shape index (κ1) is 28.5. The zero-order chi connectivity index (χ0) is 29.9. The minimum Gasteiger partial charge on any atom is -0.486 e. The molecule has 2 saturated heterocycles. The average Bonchev–Trinajstić information content (AvgIpc) is 3.51. The van der Waals surface area contributed by atoms with Gasteiger partial charge in [-0.05, 0) is 49.9 Å². The number of carbonyl (C=O) groups excluding carboxylic acids is 1. The van der Waals surface area contributed by atoms with Gasteiger partial charge in [-0.25, -0.2) is 14.5 Å². The zero-order valence-electron chi connectivity index (χ0n) is 24.1. The van der Waals surface area contributed by atoms with E-state index in [4.69, 9.17) is 47.1 Å². The van der Waals surface area contributed by atoms with Crippen LogP contribution in [0.1, 0.15) is 59.8 Å². The molecule has 2 aliphatic heterocycles. The van der Waals surface area contributed by atoms with Gasteiger partial charge in [0.2, 0.25) is 0 Å².